The summed E-state index contributed by atoms with van der Waals surface area (Å²) in [5, 5.41) is 3.13. The van der Waals surface area contributed by atoms with Gasteiger partial charge in [0.1, 0.15) is 0 Å². The topological polar surface area (TPSA) is 32.3 Å². The van der Waals surface area contributed by atoms with Crippen LogP contribution < -0.4 is 5.32 Å². The largest absolute Gasteiger partial charge is 0.337 e. The summed E-state index contributed by atoms with van der Waals surface area (Å²) in [6.45, 7) is 3.58. The van der Waals surface area contributed by atoms with Gasteiger partial charge in [-0.15, -0.1) is 0 Å². The summed E-state index contributed by atoms with van der Waals surface area (Å²) >= 11 is 0. The predicted octanol–water partition coefficient (Wildman–Crippen LogP) is 3.03. The third-order valence-electron chi connectivity index (χ3n) is 3.91. The van der Waals surface area contributed by atoms with E-state index in [9.17, 15) is 4.79 Å². The Kier molecular flexibility index (Phi) is 5.73. The highest BCUT2D eigenvalue weighted by Gasteiger charge is 2.15. The van der Waals surface area contributed by atoms with Crippen molar-refractivity contribution in [3.8, 4) is 0 Å². The lowest BCUT2D eigenvalue weighted by Crippen LogP contribution is -2.28. The third kappa shape index (κ3) is 3.95. The van der Waals surface area contributed by atoms with Crippen molar-refractivity contribution < 1.29 is 4.79 Å². The van der Waals surface area contributed by atoms with Crippen molar-refractivity contribution in [3.63, 3.8) is 0 Å². The van der Waals surface area contributed by atoms with Gasteiger partial charge < -0.3 is 10.2 Å². The van der Waals surface area contributed by atoms with Gasteiger partial charge in [0, 0.05) is 19.2 Å². The maximum absolute atomic E-state index is 12.7. The van der Waals surface area contributed by atoms with E-state index in [0.717, 1.165) is 24.1 Å². The number of nitrogens with one attached hydrogen (secondary N) is 1. The average molecular weight is 296 g/mol. The first kappa shape index (κ1) is 16.2. The zero-order valence-electron chi connectivity index (χ0n) is 13.6. The highest BCUT2D eigenvalue weighted by atomic mass is 16.2. The Morgan fingerprint density at radius 1 is 1.05 bits per heavy atom. The molecule has 0 aliphatic rings. The van der Waals surface area contributed by atoms with Crippen LogP contribution in [0.25, 0.3) is 0 Å². The number of rotatable bonds is 6. The van der Waals surface area contributed by atoms with E-state index in [1.807, 2.05) is 50.5 Å². The number of likely N-dealkylation sites (N-methyl/N-ethyl adjacent to an activating group) is 1. The number of hydrogen-bond donors (Lipinski definition) is 1. The Bertz CT molecular complexity index is 637. The number of hydrogen-bond acceptors (Lipinski definition) is 2. The van der Waals surface area contributed by atoms with E-state index in [-0.39, 0.29) is 5.91 Å². The molecule has 0 fully saturated rings. The van der Waals surface area contributed by atoms with E-state index in [0.29, 0.717) is 6.54 Å². The van der Waals surface area contributed by atoms with Gasteiger partial charge in [-0.3, -0.25) is 4.79 Å². The van der Waals surface area contributed by atoms with Crippen molar-refractivity contribution in [2.24, 2.45) is 0 Å². The van der Waals surface area contributed by atoms with E-state index >= 15 is 0 Å². The fourth-order valence-electron chi connectivity index (χ4n) is 2.53. The molecule has 22 heavy (non-hydrogen) atoms. The second-order valence-electron chi connectivity index (χ2n) is 5.60. The van der Waals surface area contributed by atoms with Crippen LogP contribution in [0, 0.1) is 6.92 Å². The van der Waals surface area contributed by atoms with Crippen LogP contribution in [0.2, 0.25) is 0 Å². The fraction of sp³-hybridized carbons (Fsp3) is 0.316. The Morgan fingerprint density at radius 3 is 2.36 bits per heavy atom. The van der Waals surface area contributed by atoms with Gasteiger partial charge in [0.15, 0.2) is 0 Å². The van der Waals surface area contributed by atoms with Crippen molar-refractivity contribution in [2.45, 2.75) is 19.9 Å². The Hall–Kier alpha value is -2.13. The van der Waals surface area contributed by atoms with E-state index in [1.54, 1.807) is 4.90 Å². The molecule has 2 aromatic carbocycles. The van der Waals surface area contributed by atoms with Crippen molar-refractivity contribution >= 4 is 5.91 Å². The van der Waals surface area contributed by atoms with Crippen LogP contribution in [0.1, 0.15) is 27.0 Å². The summed E-state index contributed by atoms with van der Waals surface area (Å²) in [5.41, 5.74) is 4.30. The second kappa shape index (κ2) is 7.76. The molecule has 0 unspecified atom stereocenters. The summed E-state index contributed by atoms with van der Waals surface area (Å²) in [5.74, 6) is 0.0787. The molecule has 3 heteroatoms. The number of amides is 1. The van der Waals surface area contributed by atoms with E-state index < -0.39 is 0 Å². The van der Waals surface area contributed by atoms with Crippen LogP contribution >= 0.6 is 0 Å². The molecule has 0 aliphatic carbocycles. The molecular weight excluding hydrogens is 272 g/mol. The molecule has 0 saturated carbocycles. The third-order valence-corrected chi connectivity index (χ3v) is 3.91. The summed E-state index contributed by atoms with van der Waals surface area (Å²) < 4.78 is 0. The molecule has 3 nitrogen and oxygen atoms in total. The molecular formula is C19H24N2O. The first-order chi connectivity index (χ1) is 10.6. The lowest BCUT2D eigenvalue weighted by molar-refractivity contribution is 0.0784. The minimum atomic E-state index is 0.0787. The maximum Gasteiger partial charge on any atom is 0.254 e. The molecule has 0 aliphatic heterocycles. The summed E-state index contributed by atoms with van der Waals surface area (Å²) in [6.07, 6.45) is 0.858. The molecule has 0 saturated heterocycles. The van der Waals surface area contributed by atoms with E-state index in [4.69, 9.17) is 0 Å². The number of benzene rings is 2. The molecule has 0 radical (unpaired) electrons. The molecule has 2 rings (SSSR count). The van der Waals surface area contributed by atoms with E-state index in [1.165, 1.54) is 11.1 Å². The normalized spacial score (nSPS) is 10.5. The standard InChI is InChI=1S/C19H24N2O/c1-15-8-4-5-10-17(15)14-21(3)19(22)18-11-7-6-9-16(18)12-13-20-2/h4-11,20H,12-14H2,1-3H3. The minimum Gasteiger partial charge on any atom is -0.337 e. The van der Waals surface area contributed by atoms with Gasteiger partial charge >= 0.3 is 0 Å². The van der Waals surface area contributed by atoms with E-state index in [2.05, 4.69) is 24.4 Å². The number of carbonyl (C=O) groups is 1. The van der Waals surface area contributed by atoms with Crippen molar-refractivity contribution in [2.75, 3.05) is 20.6 Å². The van der Waals surface area contributed by atoms with Crippen LogP contribution in [-0.4, -0.2) is 31.4 Å². The van der Waals surface area contributed by atoms with Gasteiger partial charge in [-0.25, -0.2) is 0 Å². The first-order valence-electron chi connectivity index (χ1n) is 7.66. The van der Waals surface area contributed by atoms with Gasteiger partial charge in [0.2, 0.25) is 0 Å². The highest BCUT2D eigenvalue weighted by molar-refractivity contribution is 5.95. The molecule has 0 bridgehead atoms. The average Bonchev–Trinajstić information content (AvgIpc) is 2.54. The minimum absolute atomic E-state index is 0.0787. The zero-order chi connectivity index (χ0) is 15.9. The highest BCUT2D eigenvalue weighted by Crippen LogP contribution is 2.15. The lowest BCUT2D eigenvalue weighted by Gasteiger charge is -2.20. The summed E-state index contributed by atoms with van der Waals surface area (Å²) in [7, 11) is 3.79. The van der Waals surface area contributed by atoms with Crippen LogP contribution in [0.3, 0.4) is 0 Å². The Morgan fingerprint density at radius 2 is 1.68 bits per heavy atom. The molecule has 0 atom stereocenters. The number of nitrogens with zero attached hydrogens (tertiary/aromatic N) is 1. The van der Waals surface area contributed by atoms with Crippen LogP contribution in [-0.2, 0) is 13.0 Å². The smallest absolute Gasteiger partial charge is 0.254 e. The van der Waals surface area contributed by atoms with Crippen molar-refractivity contribution in [3.05, 3.63) is 70.8 Å². The molecule has 0 heterocycles. The van der Waals surface area contributed by atoms with Gasteiger partial charge in [0.05, 0.1) is 0 Å². The Labute approximate surface area is 133 Å². The molecule has 1 N–H and O–H groups in total. The lowest BCUT2D eigenvalue weighted by atomic mass is 10.0. The molecule has 0 spiro atoms. The monoisotopic (exact) mass is 296 g/mol. The van der Waals surface area contributed by atoms with Crippen molar-refractivity contribution in [1.82, 2.24) is 10.2 Å². The van der Waals surface area contributed by atoms with Crippen LogP contribution in [0.15, 0.2) is 48.5 Å². The fourth-order valence-corrected chi connectivity index (χ4v) is 2.53. The first-order valence-corrected chi connectivity index (χ1v) is 7.66. The maximum atomic E-state index is 12.7. The van der Waals surface area contributed by atoms with Crippen molar-refractivity contribution in [1.29, 1.82) is 0 Å². The quantitative estimate of drug-likeness (QED) is 0.888. The predicted molar refractivity (Wildman–Crippen MR) is 91.0 cm³/mol. The Balaban J connectivity index is 2.15. The summed E-state index contributed by atoms with van der Waals surface area (Å²) in [6, 6.07) is 16.1. The second-order valence-corrected chi connectivity index (χ2v) is 5.60. The van der Waals surface area contributed by atoms with Gasteiger partial charge in [0.25, 0.3) is 5.91 Å². The molecule has 116 valence electrons. The van der Waals surface area contributed by atoms with Crippen LogP contribution in [0.4, 0.5) is 0 Å². The van der Waals surface area contributed by atoms with Gasteiger partial charge in [-0.1, -0.05) is 42.5 Å². The molecule has 1 amide bonds. The zero-order valence-corrected chi connectivity index (χ0v) is 13.6. The van der Waals surface area contributed by atoms with Crippen LogP contribution in [0.5, 0.6) is 0 Å². The molecule has 2 aromatic rings. The number of carbonyl (C=O) groups excluding carboxylic acids is 1. The SMILES string of the molecule is CNCCc1ccccc1C(=O)N(C)Cc1ccccc1C. The summed E-state index contributed by atoms with van der Waals surface area (Å²) in [4.78, 5) is 14.5. The number of aryl methyl sites for hydroxylation is 1. The van der Waals surface area contributed by atoms with Gasteiger partial charge in [-0.2, -0.15) is 0 Å². The van der Waals surface area contributed by atoms with Gasteiger partial charge in [-0.05, 0) is 49.7 Å². The molecule has 0 aromatic heterocycles.